The Labute approximate surface area is 122 Å². The van der Waals surface area contributed by atoms with E-state index in [1.54, 1.807) is 31.5 Å². The molecule has 0 aliphatic heterocycles. The molecule has 0 aliphatic rings. The van der Waals surface area contributed by atoms with Gasteiger partial charge in [-0.25, -0.2) is 17.9 Å². The minimum Gasteiger partial charge on any atom is -0.477 e. The summed E-state index contributed by atoms with van der Waals surface area (Å²) in [6.07, 6.45) is 4.42. The lowest BCUT2D eigenvalue weighted by molar-refractivity contribution is 0.0686. The monoisotopic (exact) mass is 309 g/mol. The molecule has 0 bridgehead atoms. The zero-order valence-corrected chi connectivity index (χ0v) is 12.3. The zero-order chi connectivity index (χ0) is 15.6. The van der Waals surface area contributed by atoms with Crippen LogP contribution in [0.5, 0.6) is 0 Å². The molecule has 0 spiro atoms. The molecule has 2 aromatic heterocycles. The van der Waals surface area contributed by atoms with E-state index in [1.165, 1.54) is 17.8 Å². The molecule has 2 N–H and O–H groups in total. The van der Waals surface area contributed by atoms with E-state index in [4.69, 9.17) is 5.11 Å². The number of sulfonamides is 1. The van der Waals surface area contributed by atoms with Crippen LogP contribution in [-0.2, 0) is 17.1 Å². The van der Waals surface area contributed by atoms with Crippen LogP contribution in [0.4, 0.5) is 0 Å². The number of aryl methyl sites for hydroxylation is 1. The van der Waals surface area contributed by atoms with Gasteiger partial charge in [0.05, 0.1) is 0 Å². The smallest absolute Gasteiger partial charge is 0.352 e. The van der Waals surface area contributed by atoms with Crippen LogP contribution in [-0.4, -0.2) is 29.0 Å². The van der Waals surface area contributed by atoms with Crippen LogP contribution in [0.25, 0.3) is 0 Å². The predicted octanol–water partition coefficient (Wildman–Crippen LogP) is 1.16. The SMILES string of the molecule is C[C@@H](NS(=O)(=O)c1cc(C(=O)O)n(C)c1)c1ccncc1. The largest absolute Gasteiger partial charge is 0.477 e. The van der Waals surface area contributed by atoms with Crippen molar-refractivity contribution < 1.29 is 18.3 Å². The minimum atomic E-state index is -3.80. The van der Waals surface area contributed by atoms with Crippen molar-refractivity contribution in [1.29, 1.82) is 0 Å². The second-order valence-electron chi connectivity index (χ2n) is 4.60. The quantitative estimate of drug-likeness (QED) is 0.863. The fraction of sp³-hybridized carbons (Fsp3) is 0.231. The van der Waals surface area contributed by atoms with Gasteiger partial charge in [-0.05, 0) is 30.7 Å². The van der Waals surface area contributed by atoms with Crippen molar-refractivity contribution >= 4 is 16.0 Å². The molecule has 1 atom stereocenters. The van der Waals surface area contributed by atoms with E-state index in [9.17, 15) is 13.2 Å². The molecule has 8 heteroatoms. The van der Waals surface area contributed by atoms with Crippen LogP contribution in [0.3, 0.4) is 0 Å². The van der Waals surface area contributed by atoms with E-state index in [2.05, 4.69) is 9.71 Å². The van der Waals surface area contributed by atoms with Gasteiger partial charge in [0.1, 0.15) is 10.6 Å². The highest BCUT2D eigenvalue weighted by Crippen LogP contribution is 2.18. The van der Waals surface area contributed by atoms with E-state index < -0.39 is 22.0 Å². The number of carbonyl (C=O) groups is 1. The number of aromatic nitrogens is 2. The standard InChI is InChI=1S/C13H15N3O4S/c1-9(10-3-5-14-6-4-10)15-21(19,20)11-7-12(13(17)18)16(2)8-11/h3-9,15H,1-2H3,(H,17,18)/t9-/m1/s1. The number of hydrogen-bond acceptors (Lipinski definition) is 4. The minimum absolute atomic E-state index is 0.0803. The van der Waals surface area contributed by atoms with Crippen LogP contribution in [0.15, 0.2) is 41.7 Å². The highest BCUT2D eigenvalue weighted by Gasteiger charge is 2.22. The Morgan fingerprint density at radius 1 is 1.38 bits per heavy atom. The first-order valence-corrected chi connectivity index (χ1v) is 7.61. The maximum absolute atomic E-state index is 12.3. The van der Waals surface area contributed by atoms with Crippen molar-refractivity contribution in [2.75, 3.05) is 0 Å². The fourth-order valence-corrected chi connectivity index (χ4v) is 3.22. The van der Waals surface area contributed by atoms with Crippen molar-refractivity contribution in [2.45, 2.75) is 17.9 Å². The maximum Gasteiger partial charge on any atom is 0.352 e. The van der Waals surface area contributed by atoms with Gasteiger partial charge >= 0.3 is 5.97 Å². The molecule has 0 radical (unpaired) electrons. The topological polar surface area (TPSA) is 101 Å². The second kappa shape index (κ2) is 5.66. The summed E-state index contributed by atoms with van der Waals surface area (Å²) < 4.78 is 28.3. The van der Waals surface area contributed by atoms with Crippen molar-refractivity contribution in [2.24, 2.45) is 7.05 Å². The van der Waals surface area contributed by atoms with Crippen LogP contribution >= 0.6 is 0 Å². The molecule has 0 unspecified atom stereocenters. The molecule has 2 rings (SSSR count). The van der Waals surface area contributed by atoms with Crippen LogP contribution in [0.1, 0.15) is 29.0 Å². The van der Waals surface area contributed by atoms with Gasteiger partial charge in [-0.3, -0.25) is 4.98 Å². The van der Waals surface area contributed by atoms with Crippen molar-refractivity contribution in [3.63, 3.8) is 0 Å². The summed E-state index contributed by atoms with van der Waals surface area (Å²) in [5, 5.41) is 8.96. The molecule has 0 saturated heterocycles. The number of carboxylic acid groups (broad SMARTS) is 1. The molecular weight excluding hydrogens is 294 g/mol. The van der Waals surface area contributed by atoms with Gasteiger partial charge in [0, 0.05) is 31.7 Å². The van der Waals surface area contributed by atoms with Gasteiger partial charge in [-0.2, -0.15) is 0 Å². The Morgan fingerprint density at radius 3 is 2.52 bits per heavy atom. The van der Waals surface area contributed by atoms with Crippen LogP contribution in [0.2, 0.25) is 0 Å². The van der Waals surface area contributed by atoms with Crippen molar-refractivity contribution in [3.05, 3.63) is 48.0 Å². The first-order chi connectivity index (χ1) is 9.81. The van der Waals surface area contributed by atoms with Gasteiger partial charge in [0.15, 0.2) is 0 Å². The third-order valence-electron chi connectivity index (χ3n) is 3.05. The van der Waals surface area contributed by atoms with Gasteiger partial charge in [-0.1, -0.05) is 0 Å². The lowest BCUT2D eigenvalue weighted by atomic mass is 10.1. The number of hydrogen-bond donors (Lipinski definition) is 2. The summed E-state index contributed by atoms with van der Waals surface area (Å²) in [7, 11) is -2.32. The van der Waals surface area contributed by atoms with Gasteiger partial charge in [0.25, 0.3) is 0 Å². The molecule has 0 aromatic carbocycles. The summed E-state index contributed by atoms with van der Waals surface area (Å²) >= 11 is 0. The predicted molar refractivity (Wildman–Crippen MR) is 75.3 cm³/mol. The van der Waals surface area contributed by atoms with E-state index in [0.29, 0.717) is 0 Å². The van der Waals surface area contributed by atoms with E-state index in [-0.39, 0.29) is 10.6 Å². The van der Waals surface area contributed by atoms with Gasteiger partial charge in [0.2, 0.25) is 10.0 Å². The number of aromatic carboxylic acids is 1. The zero-order valence-electron chi connectivity index (χ0n) is 11.5. The summed E-state index contributed by atoms with van der Waals surface area (Å²) in [6, 6.07) is 4.09. The summed E-state index contributed by atoms with van der Waals surface area (Å²) in [4.78, 5) is 14.8. The first kappa shape index (κ1) is 15.2. The maximum atomic E-state index is 12.3. The molecule has 0 saturated carbocycles. The third-order valence-corrected chi connectivity index (χ3v) is 4.56. The highest BCUT2D eigenvalue weighted by atomic mass is 32.2. The van der Waals surface area contributed by atoms with Crippen molar-refractivity contribution in [1.82, 2.24) is 14.3 Å². The molecule has 0 aliphatic carbocycles. The number of rotatable bonds is 5. The Kier molecular flexibility index (Phi) is 4.10. The summed E-state index contributed by atoms with van der Waals surface area (Å²) in [5.74, 6) is -1.18. The van der Waals surface area contributed by atoms with Gasteiger partial charge in [-0.15, -0.1) is 0 Å². The van der Waals surface area contributed by atoms with Crippen molar-refractivity contribution in [3.8, 4) is 0 Å². The Balaban J connectivity index is 2.27. The van der Waals surface area contributed by atoms with Crippen LogP contribution in [0, 0.1) is 0 Å². The lowest BCUT2D eigenvalue weighted by Gasteiger charge is -2.13. The Morgan fingerprint density at radius 2 is 2.00 bits per heavy atom. The molecule has 2 heterocycles. The molecular formula is C13H15N3O4S. The highest BCUT2D eigenvalue weighted by molar-refractivity contribution is 7.89. The Hall–Kier alpha value is -2.19. The average Bonchev–Trinajstić information content (AvgIpc) is 2.82. The number of carboxylic acids is 1. The molecule has 112 valence electrons. The van der Waals surface area contributed by atoms with Gasteiger partial charge < -0.3 is 9.67 Å². The fourth-order valence-electron chi connectivity index (χ4n) is 1.91. The normalized spacial score (nSPS) is 13.0. The average molecular weight is 309 g/mol. The third kappa shape index (κ3) is 3.29. The van der Waals surface area contributed by atoms with E-state index in [0.717, 1.165) is 11.6 Å². The second-order valence-corrected chi connectivity index (χ2v) is 6.31. The van der Waals surface area contributed by atoms with Crippen LogP contribution < -0.4 is 4.72 Å². The number of nitrogens with zero attached hydrogens (tertiary/aromatic N) is 2. The number of nitrogens with one attached hydrogen (secondary N) is 1. The molecule has 0 fully saturated rings. The summed E-state index contributed by atoms with van der Waals surface area (Å²) in [6.45, 7) is 1.70. The Bertz CT molecular complexity index is 753. The number of pyridine rings is 1. The molecule has 7 nitrogen and oxygen atoms in total. The first-order valence-electron chi connectivity index (χ1n) is 6.13. The summed E-state index contributed by atoms with van der Waals surface area (Å²) in [5.41, 5.74) is 0.676. The van der Waals surface area contributed by atoms with E-state index >= 15 is 0 Å². The molecule has 2 aromatic rings. The van der Waals surface area contributed by atoms with E-state index in [1.807, 2.05) is 0 Å². The molecule has 0 amide bonds. The lowest BCUT2D eigenvalue weighted by Crippen LogP contribution is -2.26. The molecule has 21 heavy (non-hydrogen) atoms.